The lowest BCUT2D eigenvalue weighted by molar-refractivity contribution is -0.152. The number of amides is 1. The molecule has 3 rings (SSSR count). The van der Waals surface area contributed by atoms with Crippen LogP contribution in [-0.2, 0) is 14.3 Å². The minimum Gasteiger partial charge on any atom is -0.452 e. The van der Waals surface area contributed by atoms with Crippen LogP contribution in [0.3, 0.4) is 0 Å². The van der Waals surface area contributed by atoms with Gasteiger partial charge in [-0.05, 0) is 51.2 Å². The molecule has 144 valence electrons. The first-order valence-corrected chi connectivity index (χ1v) is 10.2. The van der Waals surface area contributed by atoms with Gasteiger partial charge in [-0.2, -0.15) is 0 Å². The van der Waals surface area contributed by atoms with E-state index in [-0.39, 0.29) is 11.7 Å². The fourth-order valence-corrected chi connectivity index (χ4v) is 3.56. The zero-order valence-electron chi connectivity index (χ0n) is 15.4. The van der Waals surface area contributed by atoms with Gasteiger partial charge < -0.3 is 14.5 Å². The largest absolute Gasteiger partial charge is 0.452 e. The van der Waals surface area contributed by atoms with Gasteiger partial charge in [0.1, 0.15) is 11.3 Å². The maximum atomic E-state index is 12.1. The Hall–Kier alpha value is -2.28. The van der Waals surface area contributed by atoms with E-state index in [4.69, 9.17) is 9.15 Å². The summed E-state index contributed by atoms with van der Waals surface area (Å²) < 4.78 is 10.7. The van der Waals surface area contributed by atoms with Crippen LogP contribution in [0.25, 0.3) is 11.1 Å². The van der Waals surface area contributed by atoms with Crippen molar-refractivity contribution < 1.29 is 18.7 Å². The molecular weight excluding hydrogens is 364 g/mol. The summed E-state index contributed by atoms with van der Waals surface area (Å²) in [5.74, 6) is -0.705. The summed E-state index contributed by atoms with van der Waals surface area (Å²) in [6, 6.07) is 7.40. The van der Waals surface area contributed by atoms with Crippen molar-refractivity contribution in [2.75, 3.05) is 12.3 Å². The van der Waals surface area contributed by atoms with E-state index in [1.54, 1.807) is 6.92 Å². The van der Waals surface area contributed by atoms with Crippen LogP contribution >= 0.6 is 11.8 Å². The summed E-state index contributed by atoms with van der Waals surface area (Å²) in [5, 5.41) is 3.24. The number of fused-ring (bicyclic) bond motifs is 1. The van der Waals surface area contributed by atoms with Crippen LogP contribution in [0.5, 0.6) is 0 Å². The molecule has 0 saturated heterocycles. The molecule has 0 saturated carbocycles. The van der Waals surface area contributed by atoms with E-state index in [2.05, 4.69) is 16.4 Å². The van der Waals surface area contributed by atoms with E-state index in [9.17, 15) is 9.59 Å². The summed E-state index contributed by atoms with van der Waals surface area (Å²) in [6.45, 7) is 2.15. The molecule has 1 aromatic carbocycles. The zero-order valence-corrected chi connectivity index (χ0v) is 16.2. The number of carbonyl (C=O) groups is 2. The number of nitrogens with one attached hydrogen (secondary N) is 1. The Morgan fingerprint density at radius 3 is 2.96 bits per heavy atom. The number of benzene rings is 1. The number of thioether (sulfide) groups is 1. The van der Waals surface area contributed by atoms with Gasteiger partial charge in [-0.1, -0.05) is 35.5 Å². The van der Waals surface area contributed by atoms with Crippen molar-refractivity contribution in [3.05, 3.63) is 35.9 Å². The lowest BCUT2D eigenvalue weighted by Gasteiger charge is -2.15. The molecule has 0 bridgehead atoms. The van der Waals surface area contributed by atoms with E-state index in [1.165, 1.54) is 18.4 Å². The highest BCUT2D eigenvalue weighted by atomic mass is 32.2. The standard InChI is InChI=1S/C20H24N2O4S/c1-14(19(24)21-12-11-15-7-3-2-4-8-15)25-18(23)13-27-20-22-16-9-5-6-10-17(16)26-20/h5-7,9-10,14H,2-4,8,11-13H2,1H3,(H,21,24)/t14-/m0/s1. The van der Waals surface area contributed by atoms with Gasteiger partial charge in [-0.15, -0.1) is 0 Å². The number of rotatable bonds is 8. The van der Waals surface area contributed by atoms with Crippen molar-refractivity contribution in [2.45, 2.75) is 50.4 Å². The Morgan fingerprint density at radius 1 is 1.33 bits per heavy atom. The Labute approximate surface area is 162 Å². The van der Waals surface area contributed by atoms with Gasteiger partial charge in [-0.3, -0.25) is 9.59 Å². The first kappa shape index (κ1) is 19.5. The van der Waals surface area contributed by atoms with Gasteiger partial charge in [0.05, 0.1) is 0 Å². The predicted octanol–water partition coefficient (Wildman–Crippen LogP) is 3.86. The van der Waals surface area contributed by atoms with Crippen LogP contribution in [0.4, 0.5) is 0 Å². The molecule has 1 atom stereocenters. The van der Waals surface area contributed by atoms with Crippen molar-refractivity contribution in [2.24, 2.45) is 0 Å². The Kier molecular flexibility index (Phi) is 6.92. The first-order chi connectivity index (χ1) is 13.1. The first-order valence-electron chi connectivity index (χ1n) is 9.25. The minimum atomic E-state index is -0.818. The average Bonchev–Trinajstić information content (AvgIpc) is 3.10. The van der Waals surface area contributed by atoms with Crippen molar-refractivity contribution in [3.63, 3.8) is 0 Å². The number of aromatic nitrogens is 1. The van der Waals surface area contributed by atoms with Gasteiger partial charge in [0.2, 0.25) is 0 Å². The fourth-order valence-electron chi connectivity index (χ4n) is 2.94. The van der Waals surface area contributed by atoms with E-state index in [0.29, 0.717) is 17.4 Å². The highest BCUT2D eigenvalue weighted by molar-refractivity contribution is 7.99. The summed E-state index contributed by atoms with van der Waals surface area (Å²) in [5.41, 5.74) is 2.82. The molecule has 7 heteroatoms. The maximum absolute atomic E-state index is 12.1. The maximum Gasteiger partial charge on any atom is 0.317 e. The number of esters is 1. The van der Waals surface area contributed by atoms with Gasteiger partial charge >= 0.3 is 5.97 Å². The van der Waals surface area contributed by atoms with Crippen molar-refractivity contribution in [3.8, 4) is 0 Å². The molecule has 1 N–H and O–H groups in total. The third-order valence-corrected chi connectivity index (χ3v) is 5.20. The Balaban J connectivity index is 1.37. The molecule has 0 radical (unpaired) electrons. The second-order valence-corrected chi connectivity index (χ2v) is 7.44. The van der Waals surface area contributed by atoms with Gasteiger partial charge in [0.25, 0.3) is 11.1 Å². The van der Waals surface area contributed by atoms with Gasteiger partial charge in [-0.25, -0.2) is 4.98 Å². The van der Waals surface area contributed by atoms with E-state index < -0.39 is 12.1 Å². The minimum absolute atomic E-state index is 0.0390. The second-order valence-electron chi connectivity index (χ2n) is 6.52. The summed E-state index contributed by atoms with van der Waals surface area (Å²) in [7, 11) is 0. The molecule has 1 amide bonds. The van der Waals surface area contributed by atoms with Crippen LogP contribution in [0.1, 0.15) is 39.0 Å². The Morgan fingerprint density at radius 2 is 2.19 bits per heavy atom. The smallest absolute Gasteiger partial charge is 0.317 e. The SMILES string of the molecule is C[C@H](OC(=O)CSc1nc2ccccc2o1)C(=O)NCCC1=CCCCC1. The van der Waals surface area contributed by atoms with Crippen LogP contribution in [0.2, 0.25) is 0 Å². The molecule has 0 aliphatic heterocycles. The van der Waals surface area contributed by atoms with Gasteiger partial charge in [0.15, 0.2) is 11.7 Å². The van der Waals surface area contributed by atoms with Crippen molar-refractivity contribution >= 4 is 34.7 Å². The topological polar surface area (TPSA) is 81.4 Å². The quantitative estimate of drug-likeness (QED) is 0.420. The van der Waals surface area contributed by atoms with E-state index >= 15 is 0 Å². The number of ether oxygens (including phenoxy) is 1. The number of para-hydroxylation sites is 2. The highest BCUT2D eigenvalue weighted by Crippen LogP contribution is 2.23. The lowest BCUT2D eigenvalue weighted by Crippen LogP contribution is -2.36. The second kappa shape index (κ2) is 9.60. The number of allylic oxidation sites excluding steroid dienone is 1. The van der Waals surface area contributed by atoms with Crippen molar-refractivity contribution in [1.82, 2.24) is 10.3 Å². The third-order valence-electron chi connectivity index (χ3n) is 4.40. The molecule has 1 aliphatic carbocycles. The normalized spacial score (nSPS) is 15.2. The summed E-state index contributed by atoms with van der Waals surface area (Å²) in [4.78, 5) is 28.3. The average molecular weight is 388 g/mol. The predicted molar refractivity (Wildman–Crippen MR) is 104 cm³/mol. The van der Waals surface area contributed by atoms with E-state index in [1.807, 2.05) is 24.3 Å². The molecule has 2 aromatic rings. The zero-order chi connectivity index (χ0) is 19.1. The molecule has 27 heavy (non-hydrogen) atoms. The van der Waals surface area contributed by atoms with Crippen LogP contribution < -0.4 is 5.32 Å². The highest BCUT2D eigenvalue weighted by Gasteiger charge is 2.18. The number of hydrogen-bond donors (Lipinski definition) is 1. The number of oxazole rings is 1. The number of carbonyl (C=O) groups excluding carboxylic acids is 2. The van der Waals surface area contributed by atoms with Gasteiger partial charge in [0, 0.05) is 6.54 Å². The van der Waals surface area contributed by atoms with Crippen LogP contribution in [-0.4, -0.2) is 35.3 Å². The molecule has 1 aromatic heterocycles. The molecule has 0 unspecified atom stereocenters. The summed E-state index contributed by atoms with van der Waals surface area (Å²) >= 11 is 1.15. The van der Waals surface area contributed by atoms with Crippen molar-refractivity contribution in [1.29, 1.82) is 0 Å². The van der Waals surface area contributed by atoms with Crippen LogP contribution in [0.15, 0.2) is 45.6 Å². The lowest BCUT2D eigenvalue weighted by atomic mass is 9.97. The molecule has 1 heterocycles. The van der Waals surface area contributed by atoms with Crippen LogP contribution in [0, 0.1) is 0 Å². The molecule has 6 nitrogen and oxygen atoms in total. The monoisotopic (exact) mass is 388 g/mol. The molecule has 1 aliphatic rings. The molecular formula is C20H24N2O4S. The Bertz CT molecular complexity index is 797. The fraction of sp³-hybridized carbons (Fsp3) is 0.450. The summed E-state index contributed by atoms with van der Waals surface area (Å²) in [6.07, 6.45) is 7.04. The number of nitrogens with zero attached hydrogens (tertiary/aromatic N) is 1. The molecule has 0 fully saturated rings. The van der Waals surface area contributed by atoms with E-state index in [0.717, 1.165) is 36.5 Å². The number of hydrogen-bond acceptors (Lipinski definition) is 6. The third kappa shape index (κ3) is 5.85. The molecule has 0 spiro atoms.